The number of amides is 1. The number of ether oxygens (including phenoxy) is 2. The van der Waals surface area contributed by atoms with Crippen LogP contribution in [0.3, 0.4) is 0 Å². The summed E-state index contributed by atoms with van der Waals surface area (Å²) in [5, 5.41) is 6.06. The minimum absolute atomic E-state index is 0.0277. The number of carbonyl (C=O) groups excluding carboxylic acids is 2. The second-order valence-electron chi connectivity index (χ2n) is 8.54. The van der Waals surface area contributed by atoms with Gasteiger partial charge in [-0.3, -0.25) is 9.59 Å². The highest BCUT2D eigenvalue weighted by Gasteiger charge is 2.33. The molecule has 1 amide bonds. The first kappa shape index (κ1) is 23.3. The molecule has 36 heavy (non-hydrogen) atoms. The molecule has 182 valence electrons. The first-order valence-corrected chi connectivity index (χ1v) is 11.7. The summed E-state index contributed by atoms with van der Waals surface area (Å²) in [5.74, 6) is 0.537. The number of methoxy groups -OCH3 is 1. The van der Waals surface area contributed by atoms with E-state index in [1.54, 1.807) is 11.7 Å². The number of aryl methyl sites for hydroxylation is 1. The summed E-state index contributed by atoms with van der Waals surface area (Å²) in [4.78, 5) is 30.3. The van der Waals surface area contributed by atoms with Crippen molar-refractivity contribution in [1.29, 1.82) is 0 Å². The van der Waals surface area contributed by atoms with Crippen LogP contribution in [-0.2, 0) is 20.9 Å². The van der Waals surface area contributed by atoms with E-state index in [-0.39, 0.29) is 18.5 Å². The van der Waals surface area contributed by atoms with Gasteiger partial charge in [0, 0.05) is 6.42 Å². The zero-order valence-corrected chi connectivity index (χ0v) is 20.1. The van der Waals surface area contributed by atoms with Crippen LogP contribution < -0.4 is 4.74 Å². The van der Waals surface area contributed by atoms with E-state index in [2.05, 4.69) is 10.1 Å². The molecule has 0 N–H and O–H groups in total. The van der Waals surface area contributed by atoms with Gasteiger partial charge in [-0.05, 0) is 42.3 Å². The van der Waals surface area contributed by atoms with Crippen molar-refractivity contribution < 1.29 is 19.1 Å². The number of aromatic nitrogens is 2. The monoisotopic (exact) mass is 482 g/mol. The van der Waals surface area contributed by atoms with Gasteiger partial charge in [0.05, 0.1) is 29.9 Å². The molecule has 0 saturated carbocycles. The van der Waals surface area contributed by atoms with E-state index in [9.17, 15) is 9.59 Å². The van der Waals surface area contributed by atoms with Crippen LogP contribution in [0.4, 0.5) is 0 Å². The van der Waals surface area contributed by atoms with E-state index in [0.29, 0.717) is 12.2 Å². The molecule has 4 aromatic rings. The van der Waals surface area contributed by atoms with Crippen LogP contribution in [-0.4, -0.2) is 45.9 Å². The third-order valence-corrected chi connectivity index (χ3v) is 6.26. The summed E-state index contributed by atoms with van der Waals surface area (Å²) in [7, 11) is 1.61. The number of esters is 1. The second kappa shape index (κ2) is 10.0. The van der Waals surface area contributed by atoms with E-state index >= 15 is 0 Å². The van der Waals surface area contributed by atoms with Crippen molar-refractivity contribution in [3.63, 3.8) is 0 Å². The molecule has 1 aliphatic rings. The highest BCUT2D eigenvalue weighted by atomic mass is 16.5. The maximum atomic E-state index is 13.2. The van der Waals surface area contributed by atoms with Crippen molar-refractivity contribution in [3.05, 3.63) is 95.8 Å². The molecule has 0 bridgehead atoms. The number of hydrogen-bond donors (Lipinski definition) is 0. The van der Waals surface area contributed by atoms with Gasteiger partial charge >= 0.3 is 5.97 Å². The first-order chi connectivity index (χ1) is 17.5. The fourth-order valence-corrected chi connectivity index (χ4v) is 4.41. The van der Waals surface area contributed by atoms with Crippen LogP contribution in [0.25, 0.3) is 11.0 Å². The molecule has 0 spiro atoms. The molecular weight excluding hydrogens is 456 g/mol. The summed E-state index contributed by atoms with van der Waals surface area (Å²) in [6, 6.07) is 24.6. The summed E-state index contributed by atoms with van der Waals surface area (Å²) < 4.78 is 12.4. The number of fused-ring (bicyclic) bond motifs is 1. The predicted molar refractivity (Wildman–Crippen MR) is 136 cm³/mol. The predicted octanol–water partition coefficient (Wildman–Crippen LogP) is 4.27. The molecule has 1 unspecified atom stereocenters. The number of carbonyl (C=O) groups is 2. The van der Waals surface area contributed by atoms with E-state index in [1.807, 2.05) is 85.8 Å². The van der Waals surface area contributed by atoms with Crippen molar-refractivity contribution in [1.82, 2.24) is 14.6 Å². The van der Waals surface area contributed by atoms with Crippen LogP contribution in [0, 0.1) is 6.92 Å². The Morgan fingerprint density at radius 3 is 2.44 bits per heavy atom. The van der Waals surface area contributed by atoms with Crippen LogP contribution in [0.15, 0.2) is 84.0 Å². The van der Waals surface area contributed by atoms with Crippen LogP contribution in [0.2, 0.25) is 0 Å². The fourth-order valence-electron chi connectivity index (χ4n) is 4.41. The SMILES string of the molecule is COc1ccc(C2CC(c3ccccc3)=NN2C(=O)COC(=O)Cn2c(C)nc3ccccc32)cc1. The van der Waals surface area contributed by atoms with E-state index < -0.39 is 12.6 Å². The lowest BCUT2D eigenvalue weighted by atomic mass is 9.98. The van der Waals surface area contributed by atoms with Crippen LogP contribution >= 0.6 is 0 Å². The number of imidazole rings is 1. The standard InChI is InChI=1S/C28H26N4O4/c1-19-29-23-10-6-7-11-25(23)31(19)17-28(34)36-18-27(33)32-26(21-12-14-22(35-2)15-13-21)16-24(30-32)20-8-4-3-5-9-20/h3-15,26H,16-18H2,1-2H3. The third-order valence-electron chi connectivity index (χ3n) is 6.26. The molecule has 0 aliphatic carbocycles. The van der Waals surface area contributed by atoms with Crippen molar-refractivity contribution in [2.24, 2.45) is 5.10 Å². The summed E-state index contributed by atoms with van der Waals surface area (Å²) >= 11 is 0. The van der Waals surface area contributed by atoms with Crippen LogP contribution in [0.5, 0.6) is 5.75 Å². The topological polar surface area (TPSA) is 86.0 Å². The van der Waals surface area contributed by atoms with Gasteiger partial charge in [0.1, 0.15) is 18.1 Å². The minimum atomic E-state index is -0.512. The molecule has 2 heterocycles. The lowest BCUT2D eigenvalue weighted by Crippen LogP contribution is -2.32. The molecule has 8 heteroatoms. The Morgan fingerprint density at radius 2 is 1.69 bits per heavy atom. The minimum Gasteiger partial charge on any atom is -0.497 e. The number of hydrogen-bond acceptors (Lipinski definition) is 6. The third kappa shape index (κ3) is 4.70. The first-order valence-electron chi connectivity index (χ1n) is 11.7. The van der Waals surface area contributed by atoms with Crippen molar-refractivity contribution in [3.8, 4) is 5.75 Å². The smallest absolute Gasteiger partial charge is 0.326 e. The quantitative estimate of drug-likeness (QED) is 0.367. The lowest BCUT2D eigenvalue weighted by molar-refractivity contribution is -0.153. The maximum Gasteiger partial charge on any atom is 0.326 e. The highest BCUT2D eigenvalue weighted by molar-refractivity contribution is 6.03. The summed E-state index contributed by atoms with van der Waals surface area (Å²) in [5.41, 5.74) is 4.32. The Balaban J connectivity index is 1.32. The molecule has 3 aromatic carbocycles. The number of para-hydroxylation sites is 2. The summed E-state index contributed by atoms with van der Waals surface area (Å²) in [6.07, 6.45) is 0.552. The van der Waals surface area contributed by atoms with Gasteiger partial charge < -0.3 is 14.0 Å². The van der Waals surface area contributed by atoms with Gasteiger partial charge in [-0.1, -0.05) is 54.6 Å². The zero-order chi connectivity index (χ0) is 25.1. The molecule has 0 radical (unpaired) electrons. The second-order valence-corrected chi connectivity index (χ2v) is 8.54. The largest absolute Gasteiger partial charge is 0.497 e. The molecule has 0 saturated heterocycles. The average molecular weight is 483 g/mol. The van der Waals surface area contributed by atoms with E-state index in [0.717, 1.165) is 33.6 Å². The van der Waals surface area contributed by atoms with E-state index in [1.165, 1.54) is 5.01 Å². The highest BCUT2D eigenvalue weighted by Crippen LogP contribution is 2.33. The fraction of sp³-hybridized carbons (Fsp3) is 0.214. The zero-order valence-electron chi connectivity index (χ0n) is 20.1. The average Bonchev–Trinajstić information content (AvgIpc) is 3.50. The Bertz CT molecular complexity index is 1430. The van der Waals surface area contributed by atoms with Gasteiger partial charge in [-0.2, -0.15) is 5.10 Å². The molecule has 5 rings (SSSR count). The van der Waals surface area contributed by atoms with Gasteiger partial charge in [-0.15, -0.1) is 0 Å². The number of benzene rings is 3. The normalized spacial score (nSPS) is 15.1. The van der Waals surface area contributed by atoms with Crippen molar-refractivity contribution in [2.45, 2.75) is 25.9 Å². The van der Waals surface area contributed by atoms with Crippen molar-refractivity contribution >= 4 is 28.6 Å². The van der Waals surface area contributed by atoms with Crippen LogP contribution in [0.1, 0.15) is 29.4 Å². The number of nitrogens with zero attached hydrogens (tertiary/aromatic N) is 4. The molecule has 8 nitrogen and oxygen atoms in total. The Kier molecular flexibility index (Phi) is 6.49. The van der Waals surface area contributed by atoms with Gasteiger partial charge in [-0.25, -0.2) is 9.99 Å². The lowest BCUT2D eigenvalue weighted by Gasteiger charge is -2.22. The molecular formula is C28H26N4O4. The maximum absolute atomic E-state index is 13.2. The van der Waals surface area contributed by atoms with Gasteiger partial charge in [0.25, 0.3) is 5.91 Å². The molecule has 1 aliphatic heterocycles. The number of hydrazone groups is 1. The van der Waals surface area contributed by atoms with E-state index in [4.69, 9.17) is 9.47 Å². The summed E-state index contributed by atoms with van der Waals surface area (Å²) in [6.45, 7) is 1.41. The Hall–Kier alpha value is -4.46. The Morgan fingerprint density at radius 1 is 0.972 bits per heavy atom. The van der Waals surface area contributed by atoms with Crippen molar-refractivity contribution in [2.75, 3.05) is 13.7 Å². The number of rotatable bonds is 7. The van der Waals surface area contributed by atoms with Gasteiger partial charge in [0.2, 0.25) is 0 Å². The molecule has 1 aromatic heterocycles. The molecule has 0 fully saturated rings. The molecule has 1 atom stereocenters. The van der Waals surface area contributed by atoms with Gasteiger partial charge in [0.15, 0.2) is 6.61 Å². The Labute approximate surface area is 208 Å².